The van der Waals surface area contributed by atoms with E-state index in [2.05, 4.69) is 4.98 Å². The van der Waals surface area contributed by atoms with Crippen LogP contribution in [-0.4, -0.2) is 4.98 Å². The van der Waals surface area contributed by atoms with E-state index in [1.807, 2.05) is 13.8 Å². The van der Waals surface area contributed by atoms with Crippen molar-refractivity contribution in [3.63, 3.8) is 0 Å². The third-order valence-electron chi connectivity index (χ3n) is 0.837. The van der Waals surface area contributed by atoms with Gasteiger partial charge in [0.15, 0.2) is 0 Å². The molecule has 0 unspecified atom stereocenters. The van der Waals surface area contributed by atoms with Gasteiger partial charge < -0.3 is 0 Å². The summed E-state index contributed by atoms with van der Waals surface area (Å²) in [6, 6.07) is 4.00. The number of nitrogens with zero attached hydrogens (tertiary/aromatic N) is 2. The lowest BCUT2D eigenvalue weighted by Crippen LogP contribution is -1.81. The summed E-state index contributed by atoms with van der Waals surface area (Å²) in [5.74, 6) is -0.429. The third kappa shape index (κ3) is 3.31. The molecule has 58 valence electrons. The summed E-state index contributed by atoms with van der Waals surface area (Å²) < 4.78 is 12.2. The van der Waals surface area contributed by atoms with Gasteiger partial charge in [-0.1, -0.05) is 13.8 Å². The van der Waals surface area contributed by atoms with E-state index in [0.717, 1.165) is 6.07 Å². The highest BCUT2D eigenvalue weighted by atomic mass is 19.1. The molecule has 0 radical (unpaired) electrons. The molecule has 11 heavy (non-hydrogen) atoms. The Hall–Kier alpha value is -1.43. The lowest BCUT2D eigenvalue weighted by molar-refractivity contribution is 0.625. The molecule has 0 amide bonds. The third-order valence-corrected chi connectivity index (χ3v) is 0.837. The largest absolute Gasteiger partial charge is 0.245 e. The standard InChI is InChI=1S/C6H3FN2.C2H6/c7-5-1-2-9-6(3-5)4-8;1-2/h1-3H;1-2H3. The molecule has 0 fully saturated rings. The molecule has 0 aliphatic carbocycles. The van der Waals surface area contributed by atoms with Crippen molar-refractivity contribution in [3.8, 4) is 6.07 Å². The monoisotopic (exact) mass is 152 g/mol. The van der Waals surface area contributed by atoms with E-state index in [1.165, 1.54) is 12.3 Å². The second-order valence-corrected chi connectivity index (χ2v) is 1.47. The zero-order valence-electron chi connectivity index (χ0n) is 6.50. The predicted octanol–water partition coefficient (Wildman–Crippen LogP) is 2.12. The van der Waals surface area contributed by atoms with Gasteiger partial charge in [0.25, 0.3) is 0 Å². The topological polar surface area (TPSA) is 36.7 Å². The molecule has 0 atom stereocenters. The van der Waals surface area contributed by atoms with Crippen molar-refractivity contribution in [3.05, 3.63) is 29.8 Å². The zero-order chi connectivity index (χ0) is 8.69. The molecule has 0 bridgehead atoms. The smallest absolute Gasteiger partial charge is 0.143 e. The molecular weight excluding hydrogens is 143 g/mol. The second kappa shape index (κ2) is 5.36. The van der Waals surface area contributed by atoms with Crippen LogP contribution in [-0.2, 0) is 0 Å². The molecule has 0 aliphatic rings. The van der Waals surface area contributed by atoms with Gasteiger partial charge in [-0.05, 0) is 6.07 Å². The Kier molecular flexibility index (Phi) is 4.67. The van der Waals surface area contributed by atoms with Gasteiger partial charge in [0.05, 0.1) is 0 Å². The summed E-state index contributed by atoms with van der Waals surface area (Å²) in [6.45, 7) is 4.00. The molecule has 0 N–H and O–H groups in total. The van der Waals surface area contributed by atoms with Gasteiger partial charge in [0, 0.05) is 12.3 Å². The van der Waals surface area contributed by atoms with Crippen LogP contribution in [0.3, 0.4) is 0 Å². The highest BCUT2D eigenvalue weighted by Crippen LogP contribution is 1.96. The van der Waals surface area contributed by atoms with Gasteiger partial charge in [-0.3, -0.25) is 0 Å². The van der Waals surface area contributed by atoms with Crippen LogP contribution < -0.4 is 0 Å². The van der Waals surface area contributed by atoms with E-state index in [-0.39, 0.29) is 5.69 Å². The minimum absolute atomic E-state index is 0.106. The molecule has 0 saturated heterocycles. The number of nitriles is 1. The van der Waals surface area contributed by atoms with Crippen LogP contribution in [0.2, 0.25) is 0 Å². The second-order valence-electron chi connectivity index (χ2n) is 1.47. The maximum atomic E-state index is 12.2. The zero-order valence-corrected chi connectivity index (χ0v) is 6.50. The molecule has 1 aromatic rings. The highest BCUT2D eigenvalue weighted by Gasteiger charge is 1.90. The fraction of sp³-hybridized carbons (Fsp3) is 0.250. The van der Waals surface area contributed by atoms with E-state index in [1.54, 1.807) is 6.07 Å². The van der Waals surface area contributed by atoms with Crippen molar-refractivity contribution in [1.82, 2.24) is 4.98 Å². The molecule has 0 aliphatic heterocycles. The predicted molar refractivity (Wildman–Crippen MR) is 40.3 cm³/mol. The average molecular weight is 152 g/mol. The normalized spacial score (nSPS) is 7.45. The lowest BCUT2D eigenvalue weighted by Gasteiger charge is -1.84. The van der Waals surface area contributed by atoms with Gasteiger partial charge in [-0.15, -0.1) is 0 Å². The van der Waals surface area contributed by atoms with Crippen molar-refractivity contribution in [1.29, 1.82) is 5.26 Å². The summed E-state index contributed by atoms with van der Waals surface area (Å²) in [5, 5.41) is 8.18. The van der Waals surface area contributed by atoms with E-state index in [9.17, 15) is 4.39 Å². The Balaban J connectivity index is 0.000000461. The van der Waals surface area contributed by atoms with Crippen molar-refractivity contribution in [2.24, 2.45) is 0 Å². The summed E-state index contributed by atoms with van der Waals surface area (Å²) in [6.07, 6.45) is 1.26. The molecule has 2 nitrogen and oxygen atoms in total. The number of aromatic nitrogens is 1. The number of hydrogen-bond acceptors (Lipinski definition) is 2. The lowest BCUT2D eigenvalue weighted by atomic mass is 10.4. The first-order valence-electron chi connectivity index (χ1n) is 3.34. The molecule has 1 aromatic heterocycles. The van der Waals surface area contributed by atoms with Crippen LogP contribution >= 0.6 is 0 Å². The van der Waals surface area contributed by atoms with Gasteiger partial charge in [0.1, 0.15) is 17.6 Å². The SMILES string of the molecule is CC.N#Cc1cc(F)ccn1. The first kappa shape index (κ1) is 9.57. The van der Waals surface area contributed by atoms with Crippen molar-refractivity contribution in [2.75, 3.05) is 0 Å². The number of hydrogen-bond donors (Lipinski definition) is 0. The van der Waals surface area contributed by atoms with Gasteiger partial charge in [0.2, 0.25) is 0 Å². The van der Waals surface area contributed by atoms with Crippen LogP contribution in [0.1, 0.15) is 19.5 Å². The number of rotatable bonds is 0. The van der Waals surface area contributed by atoms with E-state index < -0.39 is 5.82 Å². The Bertz CT molecular complexity index is 253. The van der Waals surface area contributed by atoms with Crippen LogP contribution in [0.4, 0.5) is 4.39 Å². The van der Waals surface area contributed by atoms with Crippen molar-refractivity contribution >= 4 is 0 Å². The van der Waals surface area contributed by atoms with Crippen LogP contribution in [0, 0.1) is 17.1 Å². The minimum Gasteiger partial charge on any atom is -0.245 e. The minimum atomic E-state index is -0.429. The van der Waals surface area contributed by atoms with Crippen LogP contribution in [0.5, 0.6) is 0 Å². The van der Waals surface area contributed by atoms with Crippen LogP contribution in [0.25, 0.3) is 0 Å². The fourth-order valence-electron chi connectivity index (χ4n) is 0.466. The summed E-state index contributed by atoms with van der Waals surface area (Å²) in [5.41, 5.74) is 0.106. The van der Waals surface area contributed by atoms with Gasteiger partial charge in [-0.25, -0.2) is 9.37 Å². The quantitative estimate of drug-likeness (QED) is 0.571. The summed E-state index contributed by atoms with van der Waals surface area (Å²) in [7, 11) is 0. The maximum Gasteiger partial charge on any atom is 0.143 e. The van der Waals surface area contributed by atoms with Crippen molar-refractivity contribution in [2.45, 2.75) is 13.8 Å². The first-order chi connectivity index (χ1) is 5.33. The summed E-state index contributed by atoms with van der Waals surface area (Å²) in [4.78, 5) is 3.56. The molecule has 0 aromatic carbocycles. The molecule has 1 rings (SSSR count). The Labute approximate surface area is 65.3 Å². The van der Waals surface area contributed by atoms with E-state index in [4.69, 9.17) is 5.26 Å². The van der Waals surface area contributed by atoms with Gasteiger partial charge >= 0.3 is 0 Å². The Morgan fingerprint density at radius 3 is 2.55 bits per heavy atom. The molecule has 3 heteroatoms. The highest BCUT2D eigenvalue weighted by molar-refractivity contribution is 5.19. The van der Waals surface area contributed by atoms with Crippen molar-refractivity contribution < 1.29 is 4.39 Å². The van der Waals surface area contributed by atoms with Crippen LogP contribution in [0.15, 0.2) is 18.3 Å². The van der Waals surface area contributed by atoms with Gasteiger partial charge in [-0.2, -0.15) is 5.26 Å². The summed E-state index contributed by atoms with van der Waals surface area (Å²) >= 11 is 0. The first-order valence-corrected chi connectivity index (χ1v) is 3.34. The van der Waals surface area contributed by atoms with E-state index in [0.29, 0.717) is 0 Å². The maximum absolute atomic E-state index is 12.2. The number of halogens is 1. The molecule has 1 heterocycles. The average Bonchev–Trinajstić information content (AvgIpc) is 2.08. The Morgan fingerprint density at radius 1 is 1.55 bits per heavy atom. The number of pyridine rings is 1. The molecular formula is C8H9FN2. The molecule has 0 spiro atoms. The molecule has 0 saturated carbocycles. The Morgan fingerprint density at radius 2 is 2.18 bits per heavy atom. The fourth-order valence-corrected chi connectivity index (χ4v) is 0.466. The van der Waals surface area contributed by atoms with E-state index >= 15 is 0 Å².